The van der Waals surface area contributed by atoms with Crippen LogP contribution in [-0.2, 0) is 12.4 Å². The molecule has 0 aliphatic heterocycles. The molecule has 0 bridgehead atoms. The maximum atomic E-state index is 13.1. The van der Waals surface area contributed by atoms with Crippen molar-refractivity contribution < 1.29 is 40.7 Å². The number of nitrogens with zero attached hydrogens (tertiary/aromatic N) is 2. The fourth-order valence-corrected chi connectivity index (χ4v) is 3.41. The Morgan fingerprint density at radius 1 is 0.842 bits per heavy atom. The van der Waals surface area contributed by atoms with E-state index in [1.165, 1.54) is 37.5 Å². The minimum atomic E-state index is -5.09. The van der Waals surface area contributed by atoms with E-state index in [-0.39, 0.29) is 17.6 Å². The Morgan fingerprint density at radius 3 is 2.16 bits per heavy atom. The Morgan fingerprint density at radius 2 is 1.53 bits per heavy atom. The second kappa shape index (κ2) is 10.00. The van der Waals surface area contributed by atoms with E-state index in [2.05, 4.69) is 20.6 Å². The van der Waals surface area contributed by atoms with Crippen LogP contribution in [0.1, 0.15) is 32.0 Å². The van der Waals surface area contributed by atoms with Crippen LogP contribution in [-0.4, -0.2) is 28.8 Å². The third kappa shape index (κ3) is 5.82. The molecular weight excluding hydrogens is 518 g/mol. The molecule has 0 radical (unpaired) electrons. The second-order valence-corrected chi connectivity index (χ2v) is 7.83. The van der Waals surface area contributed by atoms with Gasteiger partial charge in [-0.3, -0.25) is 14.6 Å². The highest BCUT2D eigenvalue weighted by Crippen LogP contribution is 2.36. The fourth-order valence-electron chi connectivity index (χ4n) is 3.41. The van der Waals surface area contributed by atoms with E-state index in [4.69, 9.17) is 4.74 Å². The zero-order valence-electron chi connectivity index (χ0n) is 19.2. The number of halogens is 6. The summed E-state index contributed by atoms with van der Waals surface area (Å²) in [6.07, 6.45) is -8.80. The number of ether oxygens (including phenoxy) is 1. The summed E-state index contributed by atoms with van der Waals surface area (Å²) >= 11 is 0. The van der Waals surface area contributed by atoms with Gasteiger partial charge in [0.2, 0.25) is 0 Å². The van der Waals surface area contributed by atoms with Crippen molar-refractivity contribution in [1.82, 2.24) is 15.3 Å². The molecule has 2 aromatic carbocycles. The van der Waals surface area contributed by atoms with Crippen LogP contribution in [0.3, 0.4) is 0 Å². The first kappa shape index (κ1) is 26.4. The highest BCUT2D eigenvalue weighted by atomic mass is 19.4. The SMILES string of the molecule is CNC(=O)c1cc(Oc2cccc3nc(NC(=O)c4cc(C(F)(F)F)cc(C(F)(F)F)c4)ccc23)ccn1. The van der Waals surface area contributed by atoms with Crippen molar-refractivity contribution in [2.45, 2.75) is 12.4 Å². The van der Waals surface area contributed by atoms with Gasteiger partial charge in [0.05, 0.1) is 16.6 Å². The van der Waals surface area contributed by atoms with Gasteiger partial charge in [-0.15, -0.1) is 0 Å². The van der Waals surface area contributed by atoms with Crippen LogP contribution in [0.4, 0.5) is 32.2 Å². The van der Waals surface area contributed by atoms with E-state index in [0.717, 1.165) is 0 Å². The van der Waals surface area contributed by atoms with Crippen molar-refractivity contribution in [2.75, 3.05) is 12.4 Å². The number of hydrogen-bond donors (Lipinski definition) is 2. The number of alkyl halides is 6. The summed E-state index contributed by atoms with van der Waals surface area (Å²) < 4.78 is 84.6. The van der Waals surface area contributed by atoms with E-state index >= 15 is 0 Å². The summed E-state index contributed by atoms with van der Waals surface area (Å²) in [5.41, 5.74) is -3.63. The molecule has 0 fully saturated rings. The summed E-state index contributed by atoms with van der Waals surface area (Å²) in [6.45, 7) is 0. The van der Waals surface area contributed by atoms with Crippen LogP contribution >= 0.6 is 0 Å². The maximum Gasteiger partial charge on any atom is 0.416 e. The molecule has 0 spiro atoms. The first-order valence-electron chi connectivity index (χ1n) is 10.7. The molecule has 2 N–H and O–H groups in total. The van der Waals surface area contributed by atoms with Gasteiger partial charge in [-0.05, 0) is 48.5 Å². The zero-order valence-corrected chi connectivity index (χ0v) is 19.2. The number of anilines is 1. The van der Waals surface area contributed by atoms with E-state index < -0.39 is 40.9 Å². The number of carbonyl (C=O) groups excluding carboxylic acids is 2. The normalized spacial score (nSPS) is 11.8. The summed E-state index contributed by atoms with van der Waals surface area (Å²) in [7, 11) is 1.45. The van der Waals surface area contributed by atoms with Crippen LogP contribution in [0.5, 0.6) is 11.5 Å². The highest BCUT2D eigenvalue weighted by Gasteiger charge is 2.37. The van der Waals surface area contributed by atoms with Crippen molar-refractivity contribution in [2.24, 2.45) is 0 Å². The van der Waals surface area contributed by atoms with Gasteiger partial charge in [0.25, 0.3) is 11.8 Å². The van der Waals surface area contributed by atoms with Crippen LogP contribution in [0, 0.1) is 0 Å². The fraction of sp³-hybridized carbons (Fsp3) is 0.120. The number of hydrogen-bond acceptors (Lipinski definition) is 5. The van der Waals surface area contributed by atoms with Gasteiger partial charge in [0.1, 0.15) is 23.0 Å². The molecule has 7 nitrogen and oxygen atoms in total. The van der Waals surface area contributed by atoms with E-state index in [1.807, 2.05) is 0 Å². The van der Waals surface area contributed by atoms with Crippen molar-refractivity contribution in [3.05, 3.63) is 89.2 Å². The molecule has 0 saturated heterocycles. The summed E-state index contributed by atoms with van der Waals surface area (Å²) in [5.74, 6) is -1.11. The zero-order chi connectivity index (χ0) is 27.7. The summed E-state index contributed by atoms with van der Waals surface area (Å²) in [5, 5.41) is 5.14. The molecule has 0 aliphatic rings. The first-order valence-corrected chi connectivity index (χ1v) is 10.7. The quantitative estimate of drug-likeness (QED) is 0.303. The van der Waals surface area contributed by atoms with Gasteiger partial charge in [0, 0.05) is 30.3 Å². The molecule has 4 aromatic rings. The number of amides is 2. The van der Waals surface area contributed by atoms with Gasteiger partial charge >= 0.3 is 12.4 Å². The van der Waals surface area contributed by atoms with E-state index in [0.29, 0.717) is 34.5 Å². The van der Waals surface area contributed by atoms with Crippen LogP contribution < -0.4 is 15.4 Å². The molecule has 0 atom stereocenters. The number of pyridine rings is 2. The second-order valence-electron chi connectivity index (χ2n) is 7.83. The standard InChI is InChI=1S/C25H16F6N4O3/c1-32-23(37)19-12-16(7-8-33-19)38-20-4-2-3-18-17(20)5-6-21(34-18)35-22(36)13-9-14(24(26,27)28)11-15(10-13)25(29,30)31/h2-12H,1H3,(H,32,37)(H,34,35,36). The van der Waals surface area contributed by atoms with Gasteiger partial charge in [0.15, 0.2) is 0 Å². The third-order valence-corrected chi connectivity index (χ3v) is 5.20. The van der Waals surface area contributed by atoms with Crippen LogP contribution in [0.25, 0.3) is 10.9 Å². The smallest absolute Gasteiger partial charge is 0.416 e. The van der Waals surface area contributed by atoms with Crippen molar-refractivity contribution in [3.63, 3.8) is 0 Å². The minimum absolute atomic E-state index is 0.0625. The monoisotopic (exact) mass is 534 g/mol. The minimum Gasteiger partial charge on any atom is -0.457 e. The Bertz CT molecular complexity index is 1500. The largest absolute Gasteiger partial charge is 0.457 e. The summed E-state index contributed by atoms with van der Waals surface area (Å²) in [6, 6.07) is 11.1. The number of benzene rings is 2. The number of aromatic nitrogens is 2. The number of carbonyl (C=O) groups is 2. The van der Waals surface area contributed by atoms with Crippen molar-refractivity contribution in [1.29, 1.82) is 0 Å². The summed E-state index contributed by atoms with van der Waals surface area (Å²) in [4.78, 5) is 32.5. The number of fused-ring (bicyclic) bond motifs is 1. The maximum absolute atomic E-state index is 13.1. The molecule has 2 heterocycles. The molecule has 13 heteroatoms. The first-order chi connectivity index (χ1) is 17.8. The lowest BCUT2D eigenvalue weighted by atomic mass is 10.0. The van der Waals surface area contributed by atoms with Crippen molar-refractivity contribution in [3.8, 4) is 11.5 Å². The van der Waals surface area contributed by atoms with E-state index in [1.54, 1.807) is 18.2 Å². The molecule has 0 aliphatic carbocycles. The third-order valence-electron chi connectivity index (χ3n) is 5.20. The lowest BCUT2D eigenvalue weighted by molar-refractivity contribution is -0.143. The molecule has 38 heavy (non-hydrogen) atoms. The average Bonchev–Trinajstić information content (AvgIpc) is 2.87. The molecule has 0 unspecified atom stereocenters. The Labute approximate surface area is 210 Å². The number of rotatable bonds is 5. The van der Waals surface area contributed by atoms with E-state index in [9.17, 15) is 35.9 Å². The molecule has 196 valence electrons. The molecule has 2 amide bonds. The van der Waals surface area contributed by atoms with Gasteiger partial charge < -0.3 is 15.4 Å². The predicted molar refractivity (Wildman–Crippen MR) is 124 cm³/mol. The number of nitrogens with one attached hydrogen (secondary N) is 2. The molecule has 0 saturated carbocycles. The van der Waals surface area contributed by atoms with Crippen LogP contribution in [0.2, 0.25) is 0 Å². The van der Waals surface area contributed by atoms with Gasteiger partial charge in [-0.2, -0.15) is 26.3 Å². The Hall–Kier alpha value is -4.68. The highest BCUT2D eigenvalue weighted by molar-refractivity contribution is 6.04. The van der Waals surface area contributed by atoms with Gasteiger partial charge in [-0.25, -0.2) is 4.98 Å². The Balaban J connectivity index is 1.61. The molecule has 4 rings (SSSR count). The predicted octanol–water partition coefficient (Wildman–Crippen LogP) is 6.07. The topological polar surface area (TPSA) is 93.2 Å². The molecule has 2 aromatic heterocycles. The van der Waals surface area contributed by atoms with Crippen LogP contribution in [0.15, 0.2) is 66.9 Å². The average molecular weight is 534 g/mol. The molecular formula is C25H16F6N4O3. The van der Waals surface area contributed by atoms with Crippen molar-refractivity contribution >= 4 is 28.5 Å². The van der Waals surface area contributed by atoms with Gasteiger partial charge in [-0.1, -0.05) is 6.07 Å². The lowest BCUT2D eigenvalue weighted by Gasteiger charge is -2.14. The Kier molecular flexibility index (Phi) is 6.94. The lowest BCUT2D eigenvalue weighted by Crippen LogP contribution is -2.18.